The summed E-state index contributed by atoms with van der Waals surface area (Å²) in [7, 11) is 0. The van der Waals surface area contributed by atoms with E-state index in [1.165, 1.54) is 17.6 Å². The van der Waals surface area contributed by atoms with Gasteiger partial charge in [0.25, 0.3) is 5.56 Å². The van der Waals surface area contributed by atoms with Crippen LogP contribution in [-0.2, 0) is 39.5 Å². The molecular weight excluding hydrogens is 481 g/mol. The third-order valence-corrected chi connectivity index (χ3v) is 7.82. The number of benzene rings is 1. The lowest BCUT2D eigenvalue weighted by atomic mass is 9.81. The van der Waals surface area contributed by atoms with E-state index in [0.717, 1.165) is 22.1 Å². The first-order valence-corrected chi connectivity index (χ1v) is 12.3. The van der Waals surface area contributed by atoms with Crippen LogP contribution < -0.4 is 10.9 Å². The van der Waals surface area contributed by atoms with Crippen molar-refractivity contribution in [3.63, 3.8) is 0 Å². The molecule has 3 aromatic rings. The zero-order valence-electron chi connectivity index (χ0n) is 20.6. The molecule has 6 rings (SSSR count). The highest BCUT2D eigenvalue weighted by atomic mass is 19.1. The molecule has 37 heavy (non-hydrogen) atoms. The highest BCUT2D eigenvalue weighted by molar-refractivity contribution is 5.94. The molecule has 1 aliphatic carbocycles. The van der Waals surface area contributed by atoms with Gasteiger partial charge in [0.05, 0.1) is 47.6 Å². The van der Waals surface area contributed by atoms with Gasteiger partial charge in [-0.3, -0.25) is 9.59 Å². The second-order valence-corrected chi connectivity index (χ2v) is 10.4. The minimum absolute atomic E-state index is 0.0578. The third kappa shape index (κ3) is 3.35. The van der Waals surface area contributed by atoms with E-state index >= 15 is 0 Å². The average molecular weight is 508 g/mol. The molecule has 0 radical (unpaired) electrons. The maximum atomic E-state index is 14.9. The number of fused-ring (bicyclic) bond motifs is 5. The van der Waals surface area contributed by atoms with Crippen molar-refractivity contribution in [1.82, 2.24) is 14.9 Å². The van der Waals surface area contributed by atoms with Crippen molar-refractivity contribution < 1.29 is 28.9 Å². The number of esters is 1. The number of rotatable bonds is 3. The van der Waals surface area contributed by atoms with E-state index in [1.807, 2.05) is 0 Å². The molecule has 1 aromatic carbocycles. The Bertz CT molecular complexity index is 1610. The van der Waals surface area contributed by atoms with Gasteiger partial charge in [-0.1, -0.05) is 0 Å². The number of carbonyl (C=O) groups is 2. The second-order valence-electron chi connectivity index (χ2n) is 10.4. The van der Waals surface area contributed by atoms with Crippen LogP contribution in [0.5, 0.6) is 0 Å². The molecule has 2 aromatic heterocycles. The quantitative estimate of drug-likeness (QED) is 0.362. The number of cyclic esters (lactones) is 1. The molecule has 10 heteroatoms. The molecular formula is C27H26FN3O6. The van der Waals surface area contributed by atoms with Crippen LogP contribution in [0, 0.1) is 12.7 Å². The first kappa shape index (κ1) is 23.7. The van der Waals surface area contributed by atoms with Crippen molar-refractivity contribution in [2.45, 2.75) is 70.9 Å². The lowest BCUT2D eigenvalue weighted by molar-refractivity contribution is -0.169. The molecule has 3 aliphatic rings. The normalized spacial score (nSPS) is 22.2. The molecule has 1 amide bonds. The van der Waals surface area contributed by atoms with Crippen molar-refractivity contribution in [2.24, 2.45) is 0 Å². The van der Waals surface area contributed by atoms with Crippen LogP contribution in [0.3, 0.4) is 0 Å². The summed E-state index contributed by atoms with van der Waals surface area (Å²) in [5.41, 5.74) is 2.10. The van der Waals surface area contributed by atoms with Crippen LogP contribution in [-0.4, -0.2) is 37.7 Å². The maximum absolute atomic E-state index is 14.9. The summed E-state index contributed by atoms with van der Waals surface area (Å²) in [6.45, 7) is 4.48. The maximum Gasteiger partial charge on any atom is 0.342 e. The lowest BCUT2D eigenvalue weighted by Gasteiger charge is -2.30. The van der Waals surface area contributed by atoms with Gasteiger partial charge >= 0.3 is 5.97 Å². The molecule has 9 nitrogen and oxygen atoms in total. The van der Waals surface area contributed by atoms with Gasteiger partial charge in [-0.05, 0) is 56.4 Å². The summed E-state index contributed by atoms with van der Waals surface area (Å²) in [5, 5.41) is 24.3. The van der Waals surface area contributed by atoms with E-state index < -0.39 is 29.3 Å². The number of aliphatic hydroxyl groups excluding tert-OH is 1. The van der Waals surface area contributed by atoms with E-state index in [0.29, 0.717) is 35.3 Å². The largest absolute Gasteiger partial charge is 0.458 e. The molecule has 2 aliphatic heterocycles. The van der Waals surface area contributed by atoms with Crippen molar-refractivity contribution in [3.8, 4) is 11.4 Å². The predicted molar refractivity (Wildman–Crippen MR) is 130 cm³/mol. The van der Waals surface area contributed by atoms with Crippen molar-refractivity contribution >= 4 is 22.8 Å². The standard InChI is InChI=1S/C27H26FN3O6/c1-11(32)6-21(33)29-18-5-4-13-12(2)17(28)8-19-22(13)23(18)14-9-31-20(24(14)30-19)7-16-15(25(31)34)10-37-26(35)27(16,3)36/h7-8,11,18,32,36H,4-6,9-10H2,1-3H3,(H,29,33)/t11-,18+,27+/m1/s1. The van der Waals surface area contributed by atoms with Gasteiger partial charge in [-0.15, -0.1) is 0 Å². The highest BCUT2D eigenvalue weighted by Gasteiger charge is 2.43. The number of aryl methyl sites for hydroxylation is 1. The van der Waals surface area contributed by atoms with Crippen molar-refractivity contribution in [1.29, 1.82) is 0 Å². The summed E-state index contributed by atoms with van der Waals surface area (Å²) in [6, 6.07) is 2.53. The van der Waals surface area contributed by atoms with Crippen LogP contribution in [0.1, 0.15) is 66.1 Å². The van der Waals surface area contributed by atoms with Crippen molar-refractivity contribution in [3.05, 3.63) is 61.7 Å². The van der Waals surface area contributed by atoms with Crippen LogP contribution in [0.4, 0.5) is 4.39 Å². The Labute approximate surface area is 210 Å². The van der Waals surface area contributed by atoms with Crippen molar-refractivity contribution in [2.75, 3.05) is 0 Å². The van der Waals surface area contributed by atoms with Crippen LogP contribution in [0.15, 0.2) is 16.9 Å². The van der Waals surface area contributed by atoms with E-state index in [1.54, 1.807) is 19.9 Å². The number of carbonyl (C=O) groups excluding carboxylic acids is 2. The second kappa shape index (κ2) is 7.93. The average Bonchev–Trinajstić information content (AvgIpc) is 3.19. The summed E-state index contributed by atoms with van der Waals surface area (Å²) in [4.78, 5) is 43.2. The molecule has 0 saturated heterocycles. The highest BCUT2D eigenvalue weighted by Crippen LogP contribution is 2.45. The van der Waals surface area contributed by atoms with Gasteiger partial charge < -0.3 is 24.8 Å². The Kier molecular flexibility index (Phi) is 5.09. The Morgan fingerprint density at radius 1 is 1.32 bits per heavy atom. The monoisotopic (exact) mass is 507 g/mol. The van der Waals surface area contributed by atoms with E-state index in [2.05, 4.69) is 5.32 Å². The number of ether oxygens (including phenoxy) is 1. The minimum Gasteiger partial charge on any atom is -0.458 e. The van der Waals surface area contributed by atoms with E-state index in [9.17, 15) is 29.0 Å². The molecule has 0 unspecified atom stereocenters. The molecule has 0 saturated carbocycles. The number of hydrogen-bond donors (Lipinski definition) is 3. The summed E-state index contributed by atoms with van der Waals surface area (Å²) in [5.74, 6) is -1.54. The van der Waals surface area contributed by atoms with Gasteiger partial charge in [-0.2, -0.15) is 0 Å². The third-order valence-electron chi connectivity index (χ3n) is 7.82. The SMILES string of the molecule is Cc1c(F)cc2nc3c(c4c2c1CC[C@@H]4NC(=O)C[C@@H](C)O)Cn1c-3cc2c(c1=O)COC(=O)[C@@]2(C)O. The summed E-state index contributed by atoms with van der Waals surface area (Å²) >= 11 is 0. The number of pyridine rings is 2. The van der Waals surface area contributed by atoms with Crippen LogP contribution in [0.25, 0.3) is 22.3 Å². The number of hydrogen-bond acceptors (Lipinski definition) is 7. The Morgan fingerprint density at radius 2 is 2.08 bits per heavy atom. The molecule has 3 N–H and O–H groups in total. The molecule has 0 spiro atoms. The van der Waals surface area contributed by atoms with Gasteiger partial charge in [0.1, 0.15) is 12.4 Å². The summed E-state index contributed by atoms with van der Waals surface area (Å²) < 4.78 is 21.5. The molecule has 3 atom stereocenters. The fourth-order valence-corrected chi connectivity index (χ4v) is 5.97. The number of nitrogens with zero attached hydrogens (tertiary/aromatic N) is 2. The summed E-state index contributed by atoms with van der Waals surface area (Å²) in [6.07, 6.45) is 0.198. The van der Waals surface area contributed by atoms with Crippen LogP contribution >= 0.6 is 0 Å². The minimum atomic E-state index is -2.00. The number of aromatic nitrogens is 2. The molecule has 0 fully saturated rings. The van der Waals surface area contributed by atoms with E-state index in [-0.39, 0.29) is 42.4 Å². The predicted octanol–water partition coefficient (Wildman–Crippen LogP) is 2.01. The fraction of sp³-hybridized carbons (Fsp3) is 0.407. The molecule has 0 bridgehead atoms. The zero-order chi connectivity index (χ0) is 26.4. The first-order chi connectivity index (χ1) is 17.5. The number of nitrogens with one attached hydrogen (secondary N) is 1. The van der Waals surface area contributed by atoms with Gasteiger partial charge in [0.2, 0.25) is 5.91 Å². The fourth-order valence-electron chi connectivity index (χ4n) is 5.97. The van der Waals surface area contributed by atoms with E-state index in [4.69, 9.17) is 9.72 Å². The lowest BCUT2D eigenvalue weighted by Crippen LogP contribution is -2.42. The van der Waals surface area contributed by atoms with Gasteiger partial charge in [0.15, 0.2) is 5.60 Å². The zero-order valence-corrected chi connectivity index (χ0v) is 20.6. The molecule has 192 valence electrons. The van der Waals surface area contributed by atoms with Gasteiger partial charge in [-0.25, -0.2) is 14.2 Å². The van der Waals surface area contributed by atoms with Gasteiger partial charge in [0, 0.05) is 22.6 Å². The Balaban J connectivity index is 1.61. The topological polar surface area (TPSA) is 131 Å². The number of halogens is 1. The molecule has 4 heterocycles. The Hall–Kier alpha value is -3.63. The number of amides is 1. The smallest absolute Gasteiger partial charge is 0.342 e. The van der Waals surface area contributed by atoms with Crippen LogP contribution in [0.2, 0.25) is 0 Å². The first-order valence-electron chi connectivity index (χ1n) is 12.3. The Morgan fingerprint density at radius 3 is 2.81 bits per heavy atom. The number of aliphatic hydroxyl groups is 2.